The highest BCUT2D eigenvalue weighted by Gasteiger charge is 2.33. The molecule has 1 unspecified atom stereocenters. The number of pyridine rings is 1. The first-order chi connectivity index (χ1) is 11.4. The van der Waals surface area contributed by atoms with Crippen LogP contribution in [0.1, 0.15) is 39.2 Å². The number of aromatic nitrogens is 1. The Hall–Kier alpha value is -1.82. The van der Waals surface area contributed by atoms with E-state index in [-0.39, 0.29) is 17.7 Å². The molecule has 0 spiro atoms. The number of nitrogens with zero attached hydrogens (tertiary/aromatic N) is 3. The molecule has 6 heteroatoms. The molecule has 1 atom stereocenters. The largest absolute Gasteiger partial charge is 0.369 e. The summed E-state index contributed by atoms with van der Waals surface area (Å²) in [7, 11) is 0. The van der Waals surface area contributed by atoms with Crippen molar-refractivity contribution in [2.45, 2.75) is 51.9 Å². The number of amides is 2. The third kappa shape index (κ3) is 4.17. The van der Waals surface area contributed by atoms with Crippen molar-refractivity contribution >= 4 is 11.8 Å². The zero-order valence-corrected chi connectivity index (χ0v) is 14.9. The molecule has 2 amide bonds. The maximum Gasteiger partial charge on any atom is 0.317 e. The van der Waals surface area contributed by atoms with Gasteiger partial charge >= 0.3 is 6.03 Å². The van der Waals surface area contributed by atoms with E-state index in [9.17, 15) is 4.79 Å². The molecule has 2 saturated heterocycles. The second-order valence-electron chi connectivity index (χ2n) is 7.44. The van der Waals surface area contributed by atoms with Gasteiger partial charge in [0.15, 0.2) is 0 Å². The van der Waals surface area contributed by atoms with Crippen LogP contribution in [0.2, 0.25) is 0 Å². The topological polar surface area (TPSA) is 57.7 Å². The Bertz CT molecular complexity index is 584. The van der Waals surface area contributed by atoms with E-state index in [1.165, 1.54) is 12.8 Å². The van der Waals surface area contributed by atoms with Crippen LogP contribution < -0.4 is 10.2 Å². The van der Waals surface area contributed by atoms with Crippen LogP contribution in [0.4, 0.5) is 10.6 Å². The third-order valence-corrected chi connectivity index (χ3v) is 4.54. The number of ether oxygens (including phenoxy) is 1. The van der Waals surface area contributed by atoms with Gasteiger partial charge in [0, 0.05) is 32.4 Å². The Morgan fingerprint density at radius 1 is 1.42 bits per heavy atom. The van der Waals surface area contributed by atoms with Crippen LogP contribution in [0.15, 0.2) is 18.3 Å². The molecule has 2 aliphatic heterocycles. The summed E-state index contributed by atoms with van der Waals surface area (Å²) in [6.45, 7) is 9.96. The predicted octanol–water partition coefficient (Wildman–Crippen LogP) is 2.39. The zero-order valence-electron chi connectivity index (χ0n) is 14.9. The van der Waals surface area contributed by atoms with Crippen LogP contribution in [0.5, 0.6) is 0 Å². The number of morpholine rings is 1. The molecular weight excluding hydrogens is 304 g/mol. The van der Waals surface area contributed by atoms with E-state index >= 15 is 0 Å². The molecule has 0 aromatic carbocycles. The molecule has 6 nitrogen and oxygen atoms in total. The van der Waals surface area contributed by atoms with E-state index < -0.39 is 0 Å². The van der Waals surface area contributed by atoms with Crippen LogP contribution in [-0.2, 0) is 11.3 Å². The van der Waals surface area contributed by atoms with Gasteiger partial charge in [-0.25, -0.2) is 9.78 Å². The summed E-state index contributed by atoms with van der Waals surface area (Å²) in [5.41, 5.74) is 0.787. The van der Waals surface area contributed by atoms with Crippen molar-refractivity contribution in [2.24, 2.45) is 0 Å². The molecule has 1 aromatic rings. The molecule has 1 N–H and O–H groups in total. The van der Waals surface area contributed by atoms with Gasteiger partial charge in [-0.1, -0.05) is 0 Å². The van der Waals surface area contributed by atoms with E-state index in [1.807, 2.05) is 37.9 Å². The maximum atomic E-state index is 12.5. The number of urea groups is 1. The molecule has 24 heavy (non-hydrogen) atoms. The Kier molecular flexibility index (Phi) is 4.94. The number of hydrogen-bond acceptors (Lipinski definition) is 4. The summed E-state index contributed by atoms with van der Waals surface area (Å²) in [5, 5.41) is 3.03. The Balaban J connectivity index is 1.57. The highest BCUT2D eigenvalue weighted by atomic mass is 16.5. The maximum absolute atomic E-state index is 12.5. The van der Waals surface area contributed by atoms with Crippen molar-refractivity contribution in [2.75, 3.05) is 31.1 Å². The van der Waals surface area contributed by atoms with Crippen molar-refractivity contribution in [3.05, 3.63) is 23.9 Å². The van der Waals surface area contributed by atoms with E-state index in [0.717, 1.165) is 24.5 Å². The summed E-state index contributed by atoms with van der Waals surface area (Å²) < 4.78 is 5.85. The van der Waals surface area contributed by atoms with E-state index in [4.69, 9.17) is 4.74 Å². The van der Waals surface area contributed by atoms with E-state index in [2.05, 4.69) is 21.3 Å². The lowest BCUT2D eigenvalue weighted by molar-refractivity contribution is -0.117. The van der Waals surface area contributed by atoms with Gasteiger partial charge < -0.3 is 19.9 Å². The van der Waals surface area contributed by atoms with Gasteiger partial charge in [0.2, 0.25) is 0 Å². The molecule has 2 fully saturated rings. The molecule has 1 aromatic heterocycles. The van der Waals surface area contributed by atoms with Gasteiger partial charge in [-0.15, -0.1) is 0 Å². The van der Waals surface area contributed by atoms with Gasteiger partial charge in [-0.2, -0.15) is 0 Å². The first-order valence-electron chi connectivity index (χ1n) is 8.83. The summed E-state index contributed by atoms with van der Waals surface area (Å²) in [6, 6.07) is 4.01. The quantitative estimate of drug-likeness (QED) is 0.923. The molecule has 3 rings (SSSR count). The first kappa shape index (κ1) is 17.0. The van der Waals surface area contributed by atoms with Crippen LogP contribution >= 0.6 is 0 Å². The lowest BCUT2D eigenvalue weighted by atomic mass is 10.1. The fraction of sp³-hybridized carbons (Fsp3) is 0.667. The average Bonchev–Trinajstić information content (AvgIpc) is 3.05. The number of nitrogens with one attached hydrogen (secondary N) is 1. The molecule has 0 radical (unpaired) electrons. The lowest BCUT2D eigenvalue weighted by Crippen LogP contribution is -2.56. The van der Waals surface area contributed by atoms with Crippen molar-refractivity contribution in [1.82, 2.24) is 15.2 Å². The second kappa shape index (κ2) is 6.97. The Morgan fingerprint density at radius 2 is 2.17 bits per heavy atom. The van der Waals surface area contributed by atoms with Gasteiger partial charge in [0.1, 0.15) is 5.82 Å². The average molecular weight is 332 g/mol. The molecule has 2 aliphatic rings. The number of rotatable bonds is 3. The summed E-state index contributed by atoms with van der Waals surface area (Å²) in [6.07, 6.45) is 4.35. The lowest BCUT2D eigenvalue weighted by Gasteiger charge is -2.41. The molecular formula is C18H28N4O2. The van der Waals surface area contributed by atoms with E-state index in [1.54, 1.807) is 0 Å². The molecule has 0 saturated carbocycles. The molecule has 0 aliphatic carbocycles. The Morgan fingerprint density at radius 3 is 2.88 bits per heavy atom. The first-order valence-corrected chi connectivity index (χ1v) is 8.83. The Labute approximate surface area is 144 Å². The molecule has 132 valence electrons. The predicted molar refractivity (Wildman–Crippen MR) is 94.1 cm³/mol. The summed E-state index contributed by atoms with van der Waals surface area (Å²) in [4.78, 5) is 21.1. The molecule has 3 heterocycles. The zero-order chi connectivity index (χ0) is 17.2. The van der Waals surface area contributed by atoms with Crippen molar-refractivity contribution in [3.63, 3.8) is 0 Å². The molecule has 0 bridgehead atoms. The fourth-order valence-electron chi connectivity index (χ4n) is 3.59. The minimum atomic E-state index is -0.297. The van der Waals surface area contributed by atoms with Crippen LogP contribution in [0.3, 0.4) is 0 Å². The smallest absolute Gasteiger partial charge is 0.317 e. The van der Waals surface area contributed by atoms with Crippen molar-refractivity contribution in [3.8, 4) is 0 Å². The fourth-order valence-corrected chi connectivity index (χ4v) is 3.59. The summed E-state index contributed by atoms with van der Waals surface area (Å²) in [5.74, 6) is 1.01. The minimum absolute atomic E-state index is 0.0299. The minimum Gasteiger partial charge on any atom is -0.369 e. The highest BCUT2D eigenvalue weighted by Crippen LogP contribution is 2.21. The number of carbonyl (C=O) groups is 1. The SMILES string of the molecule is CC1CN(C(=O)NCc2ccnc(N3CCCC3)c2)CC(C)(C)O1. The summed E-state index contributed by atoms with van der Waals surface area (Å²) >= 11 is 0. The van der Waals surface area contributed by atoms with Gasteiger partial charge in [0.05, 0.1) is 18.2 Å². The number of carbonyl (C=O) groups excluding carboxylic acids is 1. The monoisotopic (exact) mass is 332 g/mol. The number of hydrogen-bond donors (Lipinski definition) is 1. The number of anilines is 1. The van der Waals surface area contributed by atoms with Crippen LogP contribution in [0, 0.1) is 0 Å². The van der Waals surface area contributed by atoms with Gasteiger partial charge in [-0.3, -0.25) is 0 Å². The third-order valence-electron chi connectivity index (χ3n) is 4.54. The van der Waals surface area contributed by atoms with Crippen LogP contribution in [0.25, 0.3) is 0 Å². The van der Waals surface area contributed by atoms with Crippen molar-refractivity contribution < 1.29 is 9.53 Å². The second-order valence-corrected chi connectivity index (χ2v) is 7.44. The van der Waals surface area contributed by atoms with Crippen molar-refractivity contribution in [1.29, 1.82) is 0 Å². The standard InChI is InChI=1S/C18H28N4O2/c1-14-12-22(13-18(2,3)24-14)17(23)20-11-15-6-7-19-16(10-15)21-8-4-5-9-21/h6-7,10,14H,4-5,8-9,11-13H2,1-3H3,(H,20,23). The van der Waals surface area contributed by atoms with E-state index in [0.29, 0.717) is 19.6 Å². The highest BCUT2D eigenvalue weighted by molar-refractivity contribution is 5.74. The van der Waals surface area contributed by atoms with Gasteiger partial charge in [-0.05, 0) is 51.3 Å². The normalized spacial score (nSPS) is 23.4. The van der Waals surface area contributed by atoms with Gasteiger partial charge in [0.25, 0.3) is 0 Å². The van der Waals surface area contributed by atoms with Crippen LogP contribution in [-0.4, -0.2) is 53.8 Å².